The maximum Gasteiger partial charge on any atom is 0.128 e. The van der Waals surface area contributed by atoms with Gasteiger partial charge >= 0.3 is 0 Å². The Morgan fingerprint density at radius 2 is 2.00 bits per heavy atom. The zero-order chi connectivity index (χ0) is 8.70. The third kappa shape index (κ3) is 1.28. The van der Waals surface area contributed by atoms with E-state index in [2.05, 4.69) is 5.18 Å². The maximum absolute atomic E-state index is 10.3. The normalized spacial score (nSPS) is 29.3. The molecule has 0 aliphatic carbocycles. The zero-order valence-electron chi connectivity index (χ0n) is 7.00. The van der Waals surface area contributed by atoms with Crippen molar-refractivity contribution in [2.24, 2.45) is 5.18 Å². The van der Waals surface area contributed by atoms with Gasteiger partial charge in [-0.15, -0.1) is 0 Å². The predicted octanol–water partition coefficient (Wildman–Crippen LogP) is 0.681. The molecule has 64 valence electrons. The first-order valence-corrected chi connectivity index (χ1v) is 3.60. The van der Waals surface area contributed by atoms with E-state index < -0.39 is 11.1 Å². The smallest absolute Gasteiger partial charge is 0.128 e. The molecule has 0 aromatic carbocycles. The van der Waals surface area contributed by atoms with Crippen molar-refractivity contribution >= 4 is 0 Å². The number of epoxide rings is 1. The van der Waals surface area contributed by atoms with Crippen LogP contribution in [-0.4, -0.2) is 29.0 Å². The fraction of sp³-hybridized carbons (Fsp3) is 1.00. The second-order valence-corrected chi connectivity index (χ2v) is 3.62. The van der Waals surface area contributed by atoms with E-state index >= 15 is 0 Å². The minimum absolute atomic E-state index is 0.227. The standard InChI is InChI=1S/C7H13NO3/c1-6(2,8-10)7(3,9)5-4-11-5/h5,9H,4H2,1-3H3/t5-,7?/m1/s1. The predicted molar refractivity (Wildman–Crippen MR) is 40.2 cm³/mol. The Kier molecular flexibility index (Phi) is 1.76. The second kappa shape index (κ2) is 2.25. The summed E-state index contributed by atoms with van der Waals surface area (Å²) in [6.07, 6.45) is -0.227. The van der Waals surface area contributed by atoms with Gasteiger partial charge in [0.15, 0.2) is 0 Å². The van der Waals surface area contributed by atoms with E-state index in [4.69, 9.17) is 4.74 Å². The summed E-state index contributed by atoms with van der Waals surface area (Å²) < 4.78 is 4.91. The Morgan fingerprint density at radius 3 is 2.27 bits per heavy atom. The van der Waals surface area contributed by atoms with Gasteiger partial charge in [-0.25, -0.2) is 0 Å². The van der Waals surface area contributed by atoms with Gasteiger partial charge in [0.25, 0.3) is 0 Å². The van der Waals surface area contributed by atoms with Crippen LogP contribution in [0.15, 0.2) is 5.18 Å². The number of hydrogen-bond donors (Lipinski definition) is 1. The Labute approximate surface area is 65.5 Å². The number of aliphatic hydroxyl groups is 1. The molecule has 1 aliphatic rings. The third-order valence-electron chi connectivity index (χ3n) is 2.43. The van der Waals surface area contributed by atoms with E-state index in [-0.39, 0.29) is 6.10 Å². The summed E-state index contributed by atoms with van der Waals surface area (Å²) in [7, 11) is 0. The molecule has 2 atom stereocenters. The molecule has 0 radical (unpaired) electrons. The Balaban J connectivity index is 2.76. The lowest BCUT2D eigenvalue weighted by atomic mass is 9.83. The van der Waals surface area contributed by atoms with Crippen LogP contribution in [0.25, 0.3) is 0 Å². The molecule has 1 saturated heterocycles. The second-order valence-electron chi connectivity index (χ2n) is 3.62. The van der Waals surface area contributed by atoms with Crippen molar-refractivity contribution in [3.63, 3.8) is 0 Å². The van der Waals surface area contributed by atoms with E-state index in [1.807, 2.05) is 0 Å². The monoisotopic (exact) mass is 159 g/mol. The van der Waals surface area contributed by atoms with Gasteiger partial charge in [-0.3, -0.25) is 0 Å². The largest absolute Gasteiger partial charge is 0.385 e. The van der Waals surface area contributed by atoms with Gasteiger partial charge in [-0.1, -0.05) is 5.18 Å². The topological polar surface area (TPSA) is 62.2 Å². The van der Waals surface area contributed by atoms with Crippen molar-refractivity contribution in [2.45, 2.75) is 38.0 Å². The molecule has 1 unspecified atom stereocenters. The van der Waals surface area contributed by atoms with Crippen LogP contribution in [0.1, 0.15) is 20.8 Å². The first-order chi connectivity index (χ1) is 4.92. The van der Waals surface area contributed by atoms with E-state index in [1.54, 1.807) is 20.8 Å². The highest BCUT2D eigenvalue weighted by molar-refractivity contribution is 5.05. The molecule has 0 amide bonds. The number of rotatable bonds is 3. The average molecular weight is 159 g/mol. The molecule has 4 heteroatoms. The van der Waals surface area contributed by atoms with E-state index in [1.165, 1.54) is 0 Å². The molecular formula is C7H13NO3. The number of hydrogen-bond acceptors (Lipinski definition) is 4. The lowest BCUT2D eigenvalue weighted by Crippen LogP contribution is -2.50. The molecule has 0 spiro atoms. The van der Waals surface area contributed by atoms with Gasteiger partial charge < -0.3 is 9.84 Å². The quantitative estimate of drug-likeness (QED) is 0.486. The first kappa shape index (κ1) is 8.62. The summed E-state index contributed by atoms with van der Waals surface area (Å²) in [5, 5.41) is 12.6. The highest BCUT2D eigenvalue weighted by Gasteiger charge is 2.53. The summed E-state index contributed by atoms with van der Waals surface area (Å²) >= 11 is 0. The molecule has 1 rings (SSSR count). The molecule has 0 aromatic heterocycles. The summed E-state index contributed by atoms with van der Waals surface area (Å²) in [4.78, 5) is 10.3. The summed E-state index contributed by atoms with van der Waals surface area (Å²) in [6.45, 7) is 5.29. The molecular weight excluding hydrogens is 146 g/mol. The van der Waals surface area contributed by atoms with Gasteiger partial charge in [0, 0.05) is 0 Å². The molecule has 1 heterocycles. The first-order valence-electron chi connectivity index (χ1n) is 3.60. The van der Waals surface area contributed by atoms with Gasteiger partial charge in [0.1, 0.15) is 17.2 Å². The van der Waals surface area contributed by atoms with Crippen LogP contribution in [0, 0.1) is 4.91 Å². The molecule has 1 N–H and O–H groups in total. The highest BCUT2D eigenvalue weighted by atomic mass is 16.6. The summed E-state index contributed by atoms with van der Waals surface area (Å²) in [5.41, 5.74) is -2.12. The van der Waals surface area contributed by atoms with Crippen LogP contribution in [0.5, 0.6) is 0 Å². The van der Waals surface area contributed by atoms with E-state index in [9.17, 15) is 10.0 Å². The van der Waals surface area contributed by atoms with Crippen molar-refractivity contribution in [2.75, 3.05) is 6.61 Å². The van der Waals surface area contributed by atoms with Gasteiger partial charge in [0.2, 0.25) is 0 Å². The number of nitroso groups, excluding NO2 is 1. The Morgan fingerprint density at radius 1 is 1.55 bits per heavy atom. The maximum atomic E-state index is 10.3. The lowest BCUT2D eigenvalue weighted by molar-refractivity contribution is -0.0271. The van der Waals surface area contributed by atoms with Crippen molar-refractivity contribution in [3.05, 3.63) is 4.91 Å². The van der Waals surface area contributed by atoms with Crippen LogP contribution in [0.4, 0.5) is 0 Å². The van der Waals surface area contributed by atoms with Crippen LogP contribution in [0.2, 0.25) is 0 Å². The molecule has 0 bridgehead atoms. The van der Waals surface area contributed by atoms with Crippen molar-refractivity contribution < 1.29 is 9.84 Å². The Hall–Kier alpha value is -0.480. The SMILES string of the molecule is CC(C)(N=O)C(C)(O)[C@H]1CO1. The fourth-order valence-electron chi connectivity index (χ4n) is 0.859. The van der Waals surface area contributed by atoms with Gasteiger partial charge in [-0.2, -0.15) is 4.91 Å². The van der Waals surface area contributed by atoms with Gasteiger partial charge in [-0.05, 0) is 20.8 Å². The zero-order valence-corrected chi connectivity index (χ0v) is 7.00. The van der Waals surface area contributed by atoms with Crippen LogP contribution in [0.3, 0.4) is 0 Å². The lowest BCUT2D eigenvalue weighted by Gasteiger charge is -2.32. The van der Waals surface area contributed by atoms with Crippen molar-refractivity contribution in [1.82, 2.24) is 0 Å². The third-order valence-corrected chi connectivity index (χ3v) is 2.43. The van der Waals surface area contributed by atoms with Gasteiger partial charge in [0.05, 0.1) is 6.61 Å². The molecule has 4 nitrogen and oxygen atoms in total. The minimum Gasteiger partial charge on any atom is -0.385 e. The van der Waals surface area contributed by atoms with Crippen molar-refractivity contribution in [1.29, 1.82) is 0 Å². The van der Waals surface area contributed by atoms with Crippen LogP contribution < -0.4 is 0 Å². The highest BCUT2D eigenvalue weighted by Crippen LogP contribution is 2.35. The average Bonchev–Trinajstić information content (AvgIpc) is 2.68. The van der Waals surface area contributed by atoms with Crippen molar-refractivity contribution in [3.8, 4) is 0 Å². The molecule has 1 aliphatic heterocycles. The van der Waals surface area contributed by atoms with Crippen LogP contribution in [-0.2, 0) is 4.74 Å². The molecule has 0 aromatic rings. The molecule has 11 heavy (non-hydrogen) atoms. The summed E-state index contributed by atoms with van der Waals surface area (Å²) in [6, 6.07) is 0. The minimum atomic E-state index is -1.14. The molecule has 1 fully saturated rings. The summed E-state index contributed by atoms with van der Waals surface area (Å²) in [5.74, 6) is 0. The Bertz CT molecular complexity index is 173. The van der Waals surface area contributed by atoms with Crippen LogP contribution >= 0.6 is 0 Å². The molecule has 0 saturated carbocycles. The number of ether oxygens (including phenoxy) is 1. The van der Waals surface area contributed by atoms with E-state index in [0.29, 0.717) is 6.61 Å². The van der Waals surface area contributed by atoms with E-state index in [0.717, 1.165) is 0 Å². The number of nitrogens with zero attached hydrogens (tertiary/aromatic N) is 1. The fourth-order valence-corrected chi connectivity index (χ4v) is 0.859.